The number of carbonyl (C=O) groups is 1. The summed E-state index contributed by atoms with van der Waals surface area (Å²) in [6.07, 6.45) is 5.12. The number of aromatic nitrogens is 6. The summed E-state index contributed by atoms with van der Waals surface area (Å²) in [5, 5.41) is 4.73. The van der Waals surface area contributed by atoms with Crippen LogP contribution < -0.4 is 5.73 Å². The predicted octanol–water partition coefficient (Wildman–Crippen LogP) is 3.13. The van der Waals surface area contributed by atoms with Gasteiger partial charge in [0.05, 0.1) is 23.1 Å². The molecule has 154 valence electrons. The molecule has 0 aliphatic heterocycles. The molecule has 9 heteroatoms. The van der Waals surface area contributed by atoms with Gasteiger partial charge in [-0.2, -0.15) is 5.10 Å². The van der Waals surface area contributed by atoms with Gasteiger partial charge in [-0.25, -0.2) is 18.9 Å². The maximum atomic E-state index is 13.4. The smallest absolute Gasteiger partial charge is 0.250 e. The highest BCUT2D eigenvalue weighted by Crippen LogP contribution is 2.31. The molecule has 31 heavy (non-hydrogen) atoms. The molecule has 0 fully saturated rings. The van der Waals surface area contributed by atoms with E-state index in [9.17, 15) is 9.18 Å². The first kappa shape index (κ1) is 18.7. The molecule has 0 saturated heterocycles. The van der Waals surface area contributed by atoms with E-state index in [1.54, 1.807) is 45.9 Å². The van der Waals surface area contributed by atoms with Crippen molar-refractivity contribution in [2.75, 3.05) is 0 Å². The zero-order valence-electron chi connectivity index (χ0n) is 16.8. The van der Waals surface area contributed by atoms with E-state index in [-0.39, 0.29) is 5.82 Å². The van der Waals surface area contributed by atoms with Crippen LogP contribution in [0, 0.1) is 12.7 Å². The van der Waals surface area contributed by atoms with Gasteiger partial charge in [0.15, 0.2) is 11.5 Å². The van der Waals surface area contributed by atoms with E-state index in [4.69, 9.17) is 10.8 Å². The molecule has 8 nitrogen and oxygen atoms in total. The molecule has 2 N–H and O–H groups in total. The lowest BCUT2D eigenvalue weighted by molar-refractivity contribution is 0.100. The highest BCUT2D eigenvalue weighted by molar-refractivity contribution is 5.92. The Balaban J connectivity index is 1.61. The van der Waals surface area contributed by atoms with E-state index >= 15 is 0 Å². The molecule has 0 unspecified atom stereocenters. The minimum absolute atomic E-state index is 0.298. The van der Waals surface area contributed by atoms with Gasteiger partial charge in [-0.1, -0.05) is 0 Å². The fourth-order valence-electron chi connectivity index (χ4n) is 3.52. The van der Waals surface area contributed by atoms with Crippen molar-refractivity contribution in [2.45, 2.75) is 6.92 Å². The van der Waals surface area contributed by atoms with Gasteiger partial charge in [0.1, 0.15) is 17.3 Å². The van der Waals surface area contributed by atoms with Gasteiger partial charge in [0.2, 0.25) is 5.91 Å². The number of aryl methyl sites for hydroxylation is 1. The molecule has 0 aliphatic carbocycles. The van der Waals surface area contributed by atoms with Crippen LogP contribution >= 0.6 is 0 Å². The Labute approximate surface area is 176 Å². The summed E-state index contributed by atoms with van der Waals surface area (Å²) in [4.78, 5) is 20.6. The quantitative estimate of drug-likeness (QED) is 0.488. The summed E-state index contributed by atoms with van der Waals surface area (Å²) < 4.78 is 18.7. The minimum Gasteiger partial charge on any atom is -0.366 e. The first-order chi connectivity index (χ1) is 14.9. The fourth-order valence-corrected chi connectivity index (χ4v) is 3.52. The third kappa shape index (κ3) is 3.16. The van der Waals surface area contributed by atoms with E-state index in [2.05, 4.69) is 9.97 Å². The van der Waals surface area contributed by atoms with Crippen LogP contribution in [0.15, 0.2) is 61.1 Å². The van der Waals surface area contributed by atoms with E-state index in [1.165, 1.54) is 12.1 Å². The second-order valence-electron chi connectivity index (χ2n) is 7.21. The Morgan fingerprint density at radius 3 is 2.52 bits per heavy atom. The molecule has 0 bridgehead atoms. The van der Waals surface area contributed by atoms with Gasteiger partial charge in [0.25, 0.3) is 0 Å². The topological polar surface area (TPSA) is 96.0 Å². The summed E-state index contributed by atoms with van der Waals surface area (Å²) in [6, 6.07) is 11.6. The fraction of sp³-hybridized carbons (Fsp3) is 0.0909. The molecular formula is C22H18FN7O. The second-order valence-corrected chi connectivity index (χ2v) is 7.21. The molecule has 4 aromatic heterocycles. The van der Waals surface area contributed by atoms with Gasteiger partial charge in [0, 0.05) is 25.0 Å². The van der Waals surface area contributed by atoms with Crippen LogP contribution in [0.3, 0.4) is 0 Å². The van der Waals surface area contributed by atoms with Gasteiger partial charge in [-0.05, 0) is 49.4 Å². The first-order valence-corrected chi connectivity index (χ1v) is 9.55. The lowest BCUT2D eigenvalue weighted by atomic mass is 10.1. The third-order valence-electron chi connectivity index (χ3n) is 5.23. The van der Waals surface area contributed by atoms with Gasteiger partial charge >= 0.3 is 0 Å². The van der Waals surface area contributed by atoms with E-state index in [0.29, 0.717) is 22.7 Å². The van der Waals surface area contributed by atoms with Crippen molar-refractivity contribution in [2.24, 2.45) is 12.8 Å². The summed E-state index contributed by atoms with van der Waals surface area (Å²) in [5.41, 5.74) is 9.43. The number of carbonyl (C=O) groups excluding carboxylic acids is 1. The maximum absolute atomic E-state index is 13.4. The average molecular weight is 415 g/mol. The van der Waals surface area contributed by atoms with Crippen molar-refractivity contribution < 1.29 is 9.18 Å². The minimum atomic E-state index is -0.497. The maximum Gasteiger partial charge on any atom is 0.250 e. The largest absolute Gasteiger partial charge is 0.366 e. The second kappa shape index (κ2) is 6.91. The van der Waals surface area contributed by atoms with Crippen molar-refractivity contribution >= 4 is 11.6 Å². The highest BCUT2D eigenvalue weighted by atomic mass is 19.1. The van der Waals surface area contributed by atoms with Crippen LogP contribution in [0.1, 0.15) is 16.2 Å². The van der Waals surface area contributed by atoms with E-state index in [0.717, 1.165) is 22.8 Å². The highest BCUT2D eigenvalue weighted by Gasteiger charge is 2.18. The molecule has 0 spiro atoms. The number of fused-ring (bicyclic) bond motifs is 1. The van der Waals surface area contributed by atoms with Gasteiger partial charge < -0.3 is 14.9 Å². The normalized spacial score (nSPS) is 11.3. The molecule has 5 aromatic rings. The lowest BCUT2D eigenvalue weighted by Crippen LogP contribution is -2.09. The molecule has 0 atom stereocenters. The number of benzene rings is 1. The third-order valence-corrected chi connectivity index (χ3v) is 5.23. The van der Waals surface area contributed by atoms with Crippen LogP contribution in [0.5, 0.6) is 0 Å². The van der Waals surface area contributed by atoms with E-state index in [1.807, 2.05) is 30.7 Å². The number of rotatable bonds is 4. The van der Waals surface area contributed by atoms with Crippen molar-refractivity contribution in [1.29, 1.82) is 0 Å². The van der Waals surface area contributed by atoms with Gasteiger partial charge in [-0.3, -0.25) is 4.79 Å². The predicted molar refractivity (Wildman–Crippen MR) is 113 cm³/mol. The number of halogens is 1. The molecule has 0 radical (unpaired) electrons. The number of amides is 1. The number of hydrogen-bond acceptors (Lipinski definition) is 4. The first-order valence-electron chi connectivity index (χ1n) is 9.55. The van der Waals surface area contributed by atoms with Crippen LogP contribution in [0.2, 0.25) is 0 Å². The molecule has 1 aromatic carbocycles. The number of nitrogens with two attached hydrogens (primary N) is 1. The Hall–Kier alpha value is -4.27. The standard InChI is InChI=1S/C22H18FN7O/c1-13-25-20(14-3-5-16(23)6-4-14)21(28(13)2)17-7-8-18-26-19(12-30(18)27-17)29-10-9-15(11-29)22(24)31/h3-12H,1-2H3,(H2,24,31). The Bertz CT molecular complexity index is 1440. The lowest BCUT2D eigenvalue weighted by Gasteiger charge is -2.07. The summed E-state index contributed by atoms with van der Waals surface area (Å²) in [6.45, 7) is 1.91. The number of primary amides is 1. The van der Waals surface area contributed by atoms with Gasteiger partial charge in [-0.15, -0.1) is 0 Å². The van der Waals surface area contributed by atoms with Crippen LogP contribution in [-0.2, 0) is 7.05 Å². The molecule has 1 amide bonds. The Morgan fingerprint density at radius 1 is 1.03 bits per heavy atom. The molecule has 0 aliphatic rings. The zero-order valence-corrected chi connectivity index (χ0v) is 16.8. The Morgan fingerprint density at radius 2 is 1.81 bits per heavy atom. The van der Waals surface area contributed by atoms with Crippen LogP contribution in [-0.4, -0.2) is 34.6 Å². The van der Waals surface area contributed by atoms with Crippen molar-refractivity contribution in [3.05, 3.63) is 78.3 Å². The number of imidazole rings is 2. The summed E-state index contributed by atoms with van der Waals surface area (Å²) in [7, 11) is 1.92. The van der Waals surface area contributed by atoms with Crippen molar-refractivity contribution in [3.8, 4) is 28.5 Å². The van der Waals surface area contributed by atoms with Crippen LogP contribution in [0.4, 0.5) is 4.39 Å². The zero-order chi connectivity index (χ0) is 21.7. The monoisotopic (exact) mass is 415 g/mol. The number of nitrogens with zero attached hydrogens (tertiary/aromatic N) is 6. The molecule has 4 heterocycles. The molecule has 5 rings (SSSR count). The van der Waals surface area contributed by atoms with Crippen molar-refractivity contribution in [3.63, 3.8) is 0 Å². The molecule has 0 saturated carbocycles. The van der Waals surface area contributed by atoms with Crippen molar-refractivity contribution in [1.82, 2.24) is 28.7 Å². The van der Waals surface area contributed by atoms with Crippen LogP contribution in [0.25, 0.3) is 34.1 Å². The number of hydrogen-bond donors (Lipinski definition) is 1. The Kier molecular flexibility index (Phi) is 4.18. The average Bonchev–Trinajstić information content (AvgIpc) is 3.46. The SMILES string of the molecule is Cc1nc(-c2ccc(F)cc2)c(-c2ccc3nc(-n4ccc(C(N)=O)c4)cn3n2)n1C. The molecular weight excluding hydrogens is 397 g/mol. The van der Waals surface area contributed by atoms with E-state index < -0.39 is 5.91 Å². The summed E-state index contributed by atoms with van der Waals surface area (Å²) in [5.74, 6) is 0.627. The summed E-state index contributed by atoms with van der Waals surface area (Å²) >= 11 is 0.